The summed E-state index contributed by atoms with van der Waals surface area (Å²) < 4.78 is 5.14. The molecule has 2 amide bonds. The van der Waals surface area contributed by atoms with Crippen LogP contribution in [0.5, 0.6) is 0 Å². The topological polar surface area (TPSA) is 86.9 Å². The van der Waals surface area contributed by atoms with E-state index in [-0.39, 0.29) is 24.8 Å². The van der Waals surface area contributed by atoms with Gasteiger partial charge in [-0.2, -0.15) is 0 Å². The summed E-state index contributed by atoms with van der Waals surface area (Å²) in [6.07, 6.45) is 1.54. The van der Waals surface area contributed by atoms with Crippen molar-refractivity contribution in [1.82, 2.24) is 10.7 Å². The van der Waals surface area contributed by atoms with Crippen molar-refractivity contribution in [2.24, 2.45) is 4.99 Å². The van der Waals surface area contributed by atoms with Crippen LogP contribution in [0.3, 0.4) is 0 Å². The first-order valence-electron chi connectivity index (χ1n) is 6.74. The van der Waals surface area contributed by atoms with Crippen LogP contribution in [0, 0.1) is 0 Å². The molecule has 7 nitrogen and oxygen atoms in total. The minimum Gasteiger partial charge on any atom is -0.467 e. The first-order valence-corrected chi connectivity index (χ1v) is 6.74. The van der Waals surface area contributed by atoms with Gasteiger partial charge in [0.05, 0.1) is 18.5 Å². The number of hydrazine groups is 1. The lowest BCUT2D eigenvalue weighted by Crippen LogP contribution is -2.55. The Morgan fingerprint density at radius 3 is 2.82 bits per heavy atom. The molecule has 0 fully saturated rings. The Kier molecular flexibility index (Phi) is 3.86. The number of carbonyl (C=O) groups is 2. The molecule has 22 heavy (non-hydrogen) atoms. The fraction of sp³-hybridized carbons (Fsp3) is 0.133. The molecule has 0 radical (unpaired) electrons. The Hall–Kier alpha value is -3.09. The number of amides is 2. The maximum absolute atomic E-state index is 12.1. The molecule has 1 aromatic carbocycles. The van der Waals surface area contributed by atoms with E-state index in [1.807, 2.05) is 18.2 Å². The second-order valence-corrected chi connectivity index (χ2v) is 4.60. The zero-order valence-electron chi connectivity index (χ0n) is 11.7. The molecule has 0 spiro atoms. The Labute approximate surface area is 126 Å². The van der Waals surface area contributed by atoms with Gasteiger partial charge in [0.25, 0.3) is 11.8 Å². The van der Waals surface area contributed by atoms with Gasteiger partial charge in [-0.3, -0.25) is 20.0 Å². The average molecular weight is 298 g/mol. The van der Waals surface area contributed by atoms with E-state index in [4.69, 9.17) is 4.42 Å². The summed E-state index contributed by atoms with van der Waals surface area (Å²) in [5.74, 6) is 0.106. The number of amidine groups is 1. The number of hydrogen-bond acceptors (Lipinski definition) is 5. The van der Waals surface area contributed by atoms with Gasteiger partial charge in [0.15, 0.2) is 0 Å². The molecule has 1 aromatic heterocycles. The average Bonchev–Trinajstić information content (AvgIpc) is 3.07. The van der Waals surface area contributed by atoms with Gasteiger partial charge in [-0.05, 0) is 24.3 Å². The molecule has 3 rings (SSSR count). The first-order chi connectivity index (χ1) is 10.7. The Balaban J connectivity index is 1.67. The van der Waals surface area contributed by atoms with Gasteiger partial charge in [0.2, 0.25) is 5.84 Å². The van der Waals surface area contributed by atoms with Crippen molar-refractivity contribution < 1.29 is 14.0 Å². The zero-order chi connectivity index (χ0) is 15.4. The van der Waals surface area contributed by atoms with Crippen molar-refractivity contribution in [2.45, 2.75) is 6.54 Å². The lowest BCUT2D eigenvalue weighted by Gasteiger charge is -2.27. The molecule has 0 saturated heterocycles. The van der Waals surface area contributed by atoms with E-state index in [0.29, 0.717) is 11.4 Å². The second kappa shape index (κ2) is 6.13. The molecule has 0 unspecified atom stereocenters. The minimum atomic E-state index is -0.398. The predicted octanol–water partition coefficient (Wildman–Crippen LogP) is 0.846. The highest BCUT2D eigenvalue weighted by atomic mass is 16.3. The van der Waals surface area contributed by atoms with E-state index in [9.17, 15) is 9.59 Å². The Bertz CT molecular complexity index is 695. The molecule has 2 heterocycles. The molecular formula is C15H14N4O3. The van der Waals surface area contributed by atoms with Crippen molar-refractivity contribution in [1.29, 1.82) is 0 Å². The van der Waals surface area contributed by atoms with E-state index >= 15 is 0 Å². The molecule has 2 N–H and O–H groups in total. The van der Waals surface area contributed by atoms with Crippen molar-refractivity contribution in [3.63, 3.8) is 0 Å². The van der Waals surface area contributed by atoms with Gasteiger partial charge < -0.3 is 9.73 Å². The molecule has 0 saturated carbocycles. The van der Waals surface area contributed by atoms with E-state index in [1.54, 1.807) is 24.3 Å². The molecule has 0 atom stereocenters. The fourth-order valence-electron chi connectivity index (χ4n) is 1.99. The number of aliphatic imine (C=N–C) groups is 1. The molecule has 0 aliphatic carbocycles. The predicted molar refractivity (Wildman–Crippen MR) is 79.9 cm³/mol. The van der Waals surface area contributed by atoms with Gasteiger partial charge in [-0.15, -0.1) is 0 Å². The van der Waals surface area contributed by atoms with Gasteiger partial charge in [-0.25, -0.2) is 5.01 Å². The SMILES string of the molecule is O=C(NCc1ccco1)C1=NCC(=O)N(c2ccccc2)N1. The number of hydrogen-bond donors (Lipinski definition) is 2. The third-order valence-electron chi connectivity index (χ3n) is 3.07. The lowest BCUT2D eigenvalue weighted by atomic mass is 10.3. The van der Waals surface area contributed by atoms with Crippen LogP contribution in [0.15, 0.2) is 58.1 Å². The van der Waals surface area contributed by atoms with Crippen LogP contribution < -0.4 is 15.8 Å². The van der Waals surface area contributed by atoms with Crippen LogP contribution in [0.4, 0.5) is 5.69 Å². The fourth-order valence-corrected chi connectivity index (χ4v) is 1.99. The summed E-state index contributed by atoms with van der Waals surface area (Å²) in [4.78, 5) is 28.0. The van der Waals surface area contributed by atoms with Crippen molar-refractivity contribution in [3.05, 3.63) is 54.5 Å². The highest BCUT2D eigenvalue weighted by molar-refractivity contribution is 6.39. The van der Waals surface area contributed by atoms with Gasteiger partial charge in [0.1, 0.15) is 12.3 Å². The van der Waals surface area contributed by atoms with Crippen LogP contribution in [-0.4, -0.2) is 24.2 Å². The van der Waals surface area contributed by atoms with Crippen molar-refractivity contribution >= 4 is 23.3 Å². The summed E-state index contributed by atoms with van der Waals surface area (Å²) >= 11 is 0. The number of rotatable bonds is 4. The van der Waals surface area contributed by atoms with Crippen LogP contribution >= 0.6 is 0 Å². The number of carbonyl (C=O) groups excluding carboxylic acids is 2. The number of benzene rings is 1. The van der Waals surface area contributed by atoms with E-state index in [2.05, 4.69) is 15.7 Å². The summed E-state index contributed by atoms with van der Waals surface area (Å²) in [5, 5.41) is 3.99. The van der Waals surface area contributed by atoms with Crippen LogP contribution in [-0.2, 0) is 16.1 Å². The number of anilines is 1. The number of furan rings is 1. The first kappa shape index (κ1) is 13.9. The summed E-state index contributed by atoms with van der Waals surface area (Å²) in [5.41, 5.74) is 3.39. The minimum absolute atomic E-state index is 0.0780. The largest absolute Gasteiger partial charge is 0.467 e. The quantitative estimate of drug-likeness (QED) is 0.876. The van der Waals surface area contributed by atoms with Crippen molar-refractivity contribution in [2.75, 3.05) is 11.6 Å². The maximum atomic E-state index is 12.1. The molecule has 0 bridgehead atoms. The lowest BCUT2D eigenvalue weighted by molar-refractivity contribution is -0.118. The van der Waals surface area contributed by atoms with Gasteiger partial charge >= 0.3 is 0 Å². The van der Waals surface area contributed by atoms with Gasteiger partial charge in [0, 0.05) is 0 Å². The van der Waals surface area contributed by atoms with Crippen LogP contribution in [0.25, 0.3) is 0 Å². The summed E-state index contributed by atoms with van der Waals surface area (Å²) in [6.45, 7) is 0.178. The normalized spacial score (nSPS) is 14.3. The zero-order valence-corrected chi connectivity index (χ0v) is 11.7. The Morgan fingerprint density at radius 1 is 1.27 bits per heavy atom. The van der Waals surface area contributed by atoms with E-state index in [1.165, 1.54) is 11.3 Å². The molecule has 1 aliphatic heterocycles. The monoisotopic (exact) mass is 298 g/mol. The molecule has 112 valence electrons. The van der Waals surface area contributed by atoms with Crippen LogP contribution in [0.2, 0.25) is 0 Å². The maximum Gasteiger partial charge on any atom is 0.288 e. The van der Waals surface area contributed by atoms with E-state index < -0.39 is 5.91 Å². The molecule has 1 aliphatic rings. The third kappa shape index (κ3) is 2.98. The Morgan fingerprint density at radius 2 is 2.09 bits per heavy atom. The smallest absolute Gasteiger partial charge is 0.288 e. The molecule has 2 aromatic rings. The van der Waals surface area contributed by atoms with Crippen molar-refractivity contribution in [3.8, 4) is 0 Å². The second-order valence-electron chi connectivity index (χ2n) is 4.60. The highest BCUT2D eigenvalue weighted by Crippen LogP contribution is 2.13. The summed E-state index contributed by atoms with van der Waals surface area (Å²) in [7, 11) is 0. The third-order valence-corrected chi connectivity index (χ3v) is 3.07. The summed E-state index contributed by atoms with van der Waals surface area (Å²) in [6, 6.07) is 12.5. The standard InChI is InChI=1S/C15H14N4O3/c20-13-10-16-14(15(21)17-9-12-7-4-8-22-12)18-19(13)11-5-2-1-3-6-11/h1-8H,9-10H2,(H,16,18)(H,17,21). The van der Waals surface area contributed by atoms with E-state index in [0.717, 1.165) is 0 Å². The van der Waals surface area contributed by atoms with Crippen LogP contribution in [0.1, 0.15) is 5.76 Å². The number of nitrogens with one attached hydrogen (secondary N) is 2. The molecule has 7 heteroatoms. The highest BCUT2D eigenvalue weighted by Gasteiger charge is 2.25. The number of nitrogens with zero attached hydrogens (tertiary/aromatic N) is 2. The number of para-hydroxylation sites is 1. The van der Waals surface area contributed by atoms with Gasteiger partial charge in [-0.1, -0.05) is 18.2 Å². The molecular weight excluding hydrogens is 284 g/mol.